The van der Waals surface area contributed by atoms with Crippen LogP contribution >= 0.6 is 0 Å². The van der Waals surface area contributed by atoms with Gasteiger partial charge in [-0.1, -0.05) is 164 Å². The molecular formula is C54H35NO. The van der Waals surface area contributed by atoms with E-state index < -0.39 is 0 Å². The van der Waals surface area contributed by atoms with Crippen molar-refractivity contribution in [3.05, 3.63) is 212 Å². The quantitative estimate of drug-likeness (QED) is 0.153. The molecule has 0 unspecified atom stereocenters. The molecule has 0 aliphatic heterocycles. The first-order chi connectivity index (χ1) is 27.7. The van der Waals surface area contributed by atoms with E-state index in [4.69, 9.17) is 4.42 Å². The van der Waals surface area contributed by atoms with Gasteiger partial charge < -0.3 is 9.32 Å². The molecule has 0 aliphatic carbocycles. The third kappa shape index (κ3) is 5.42. The summed E-state index contributed by atoms with van der Waals surface area (Å²) < 4.78 is 6.22. The highest BCUT2D eigenvalue weighted by Gasteiger charge is 2.17. The van der Waals surface area contributed by atoms with Gasteiger partial charge in [0.1, 0.15) is 11.2 Å². The highest BCUT2D eigenvalue weighted by atomic mass is 16.3. The zero-order chi connectivity index (χ0) is 37.0. The van der Waals surface area contributed by atoms with Crippen LogP contribution in [0.25, 0.3) is 88.0 Å². The summed E-state index contributed by atoms with van der Waals surface area (Å²) >= 11 is 0. The number of hydrogen-bond donors (Lipinski definition) is 0. The Morgan fingerprint density at radius 1 is 0.268 bits per heavy atom. The van der Waals surface area contributed by atoms with E-state index in [1.54, 1.807) is 0 Å². The smallest absolute Gasteiger partial charge is 0.136 e. The van der Waals surface area contributed by atoms with Gasteiger partial charge in [0.05, 0.1) is 0 Å². The zero-order valence-electron chi connectivity index (χ0n) is 30.6. The molecule has 1 heterocycles. The lowest BCUT2D eigenvalue weighted by molar-refractivity contribution is 0.669. The van der Waals surface area contributed by atoms with Crippen molar-refractivity contribution in [2.75, 3.05) is 4.90 Å². The summed E-state index contributed by atoms with van der Waals surface area (Å²) in [5, 5.41) is 7.36. The summed E-state index contributed by atoms with van der Waals surface area (Å²) in [7, 11) is 0. The Kier molecular flexibility index (Phi) is 7.53. The van der Waals surface area contributed by atoms with Crippen LogP contribution in [-0.2, 0) is 0 Å². The van der Waals surface area contributed by atoms with Gasteiger partial charge in [-0.2, -0.15) is 0 Å². The molecular weight excluding hydrogens is 679 g/mol. The van der Waals surface area contributed by atoms with E-state index in [2.05, 4.69) is 217 Å². The molecule has 0 atom stereocenters. The molecule has 56 heavy (non-hydrogen) atoms. The highest BCUT2D eigenvalue weighted by Crippen LogP contribution is 2.42. The average Bonchev–Trinajstić information content (AvgIpc) is 3.67. The fourth-order valence-corrected chi connectivity index (χ4v) is 8.49. The summed E-state index contributed by atoms with van der Waals surface area (Å²) in [6, 6.07) is 76.4. The molecule has 11 aromatic rings. The number of rotatable bonds is 7. The molecule has 10 aromatic carbocycles. The summed E-state index contributed by atoms with van der Waals surface area (Å²) in [4.78, 5) is 2.34. The topological polar surface area (TPSA) is 16.4 Å². The minimum absolute atomic E-state index is 0.939. The summed E-state index contributed by atoms with van der Waals surface area (Å²) in [6.45, 7) is 0. The molecule has 0 spiro atoms. The van der Waals surface area contributed by atoms with Crippen molar-refractivity contribution >= 4 is 60.5 Å². The number of fused-ring (bicyclic) bond motifs is 1. The monoisotopic (exact) mass is 713 g/mol. The van der Waals surface area contributed by atoms with Gasteiger partial charge in [0.15, 0.2) is 0 Å². The van der Waals surface area contributed by atoms with E-state index in [1.807, 2.05) is 0 Å². The minimum Gasteiger partial charge on any atom is -0.456 e. The molecule has 1 aromatic heterocycles. The van der Waals surface area contributed by atoms with Crippen LogP contribution in [0.15, 0.2) is 217 Å². The van der Waals surface area contributed by atoms with Gasteiger partial charge in [-0.25, -0.2) is 0 Å². The van der Waals surface area contributed by atoms with E-state index in [1.165, 1.54) is 76.8 Å². The first kappa shape index (κ1) is 32.0. The third-order valence-corrected chi connectivity index (χ3v) is 11.3. The standard InChI is InChI=1S/C54H35NO/c1-2-8-36(9-3-1)38-20-27-44(28-21-38)55(46-31-24-42(25-32-46)48-14-6-11-40-10-4-5-13-47(40)48)45-29-22-39(23-30-45)37-16-18-41(19-17-37)49-34-35-52-54-50(49)33-26-43-12-7-15-51(56-52)53(43)54/h1-35H. The van der Waals surface area contributed by atoms with Gasteiger partial charge in [-0.05, 0) is 115 Å². The predicted octanol–water partition coefficient (Wildman–Crippen LogP) is 15.5. The highest BCUT2D eigenvalue weighted by molar-refractivity contribution is 6.24. The second-order valence-electron chi connectivity index (χ2n) is 14.5. The summed E-state index contributed by atoms with van der Waals surface area (Å²) in [5.41, 5.74) is 14.8. The number of furan rings is 1. The number of nitrogens with zero attached hydrogens (tertiary/aromatic N) is 1. The van der Waals surface area contributed by atoms with Gasteiger partial charge in [0.25, 0.3) is 0 Å². The van der Waals surface area contributed by atoms with Gasteiger partial charge in [0, 0.05) is 27.8 Å². The van der Waals surface area contributed by atoms with Crippen molar-refractivity contribution in [1.29, 1.82) is 0 Å². The van der Waals surface area contributed by atoms with E-state index in [0.717, 1.165) is 28.2 Å². The van der Waals surface area contributed by atoms with Gasteiger partial charge in [0.2, 0.25) is 0 Å². The van der Waals surface area contributed by atoms with E-state index in [0.29, 0.717) is 0 Å². The maximum absolute atomic E-state index is 6.22. The predicted molar refractivity (Wildman–Crippen MR) is 236 cm³/mol. The Hall–Kier alpha value is -7.42. The van der Waals surface area contributed by atoms with Crippen molar-refractivity contribution in [2.45, 2.75) is 0 Å². The number of anilines is 3. The molecule has 0 radical (unpaired) electrons. The van der Waals surface area contributed by atoms with Crippen molar-refractivity contribution in [1.82, 2.24) is 0 Å². The summed E-state index contributed by atoms with van der Waals surface area (Å²) in [5.74, 6) is 0. The summed E-state index contributed by atoms with van der Waals surface area (Å²) in [6.07, 6.45) is 0. The van der Waals surface area contributed by atoms with Crippen LogP contribution in [0.1, 0.15) is 0 Å². The third-order valence-electron chi connectivity index (χ3n) is 11.3. The second kappa shape index (κ2) is 13.2. The molecule has 0 aliphatic rings. The van der Waals surface area contributed by atoms with E-state index >= 15 is 0 Å². The zero-order valence-corrected chi connectivity index (χ0v) is 30.6. The van der Waals surface area contributed by atoms with Crippen molar-refractivity contribution < 1.29 is 4.42 Å². The van der Waals surface area contributed by atoms with Crippen LogP contribution in [0.3, 0.4) is 0 Å². The van der Waals surface area contributed by atoms with Crippen LogP contribution in [-0.4, -0.2) is 0 Å². The maximum atomic E-state index is 6.22. The Morgan fingerprint density at radius 2 is 0.750 bits per heavy atom. The number of benzene rings is 10. The van der Waals surface area contributed by atoms with E-state index in [-0.39, 0.29) is 0 Å². The largest absolute Gasteiger partial charge is 0.456 e. The average molecular weight is 714 g/mol. The van der Waals surface area contributed by atoms with Crippen LogP contribution < -0.4 is 4.90 Å². The molecule has 0 N–H and O–H groups in total. The second-order valence-corrected chi connectivity index (χ2v) is 14.5. The Balaban J connectivity index is 0.932. The molecule has 2 heteroatoms. The normalized spacial score (nSPS) is 11.6. The number of hydrogen-bond acceptors (Lipinski definition) is 2. The van der Waals surface area contributed by atoms with Crippen molar-refractivity contribution in [3.63, 3.8) is 0 Å². The first-order valence-electron chi connectivity index (χ1n) is 19.2. The van der Waals surface area contributed by atoms with Crippen molar-refractivity contribution in [2.24, 2.45) is 0 Å². The fourth-order valence-electron chi connectivity index (χ4n) is 8.49. The van der Waals surface area contributed by atoms with Gasteiger partial charge >= 0.3 is 0 Å². The molecule has 0 amide bonds. The Morgan fingerprint density at radius 3 is 1.43 bits per heavy atom. The Labute approximate surface area is 325 Å². The van der Waals surface area contributed by atoms with Gasteiger partial charge in [-0.15, -0.1) is 0 Å². The lowest BCUT2D eigenvalue weighted by atomic mass is 9.93. The van der Waals surface area contributed by atoms with Crippen LogP contribution in [0.4, 0.5) is 17.1 Å². The van der Waals surface area contributed by atoms with Crippen LogP contribution in [0, 0.1) is 0 Å². The van der Waals surface area contributed by atoms with Crippen molar-refractivity contribution in [3.8, 4) is 44.5 Å². The molecule has 2 nitrogen and oxygen atoms in total. The molecule has 11 rings (SSSR count). The first-order valence-corrected chi connectivity index (χ1v) is 19.2. The van der Waals surface area contributed by atoms with Gasteiger partial charge in [-0.3, -0.25) is 0 Å². The molecule has 262 valence electrons. The van der Waals surface area contributed by atoms with Crippen LogP contribution in [0.2, 0.25) is 0 Å². The molecule has 0 saturated heterocycles. The van der Waals surface area contributed by atoms with Crippen LogP contribution in [0.5, 0.6) is 0 Å². The lowest BCUT2D eigenvalue weighted by Crippen LogP contribution is -2.09. The maximum Gasteiger partial charge on any atom is 0.136 e. The molecule has 0 saturated carbocycles. The fraction of sp³-hybridized carbons (Fsp3) is 0. The Bertz CT molecular complexity index is 3140. The SMILES string of the molecule is c1ccc(-c2ccc(N(c3ccc(-c4ccc(-c5ccc6oc7cccc8ccc5c6c87)cc4)cc3)c3ccc(-c4cccc5ccccc45)cc3)cc2)cc1. The minimum atomic E-state index is 0.939. The molecule has 0 fully saturated rings. The molecule has 0 bridgehead atoms. The lowest BCUT2D eigenvalue weighted by Gasteiger charge is -2.26. The van der Waals surface area contributed by atoms with E-state index in [9.17, 15) is 0 Å².